The van der Waals surface area contributed by atoms with Gasteiger partial charge in [-0.15, -0.1) is 0 Å². The molecule has 1 aliphatic heterocycles. The van der Waals surface area contributed by atoms with Crippen molar-refractivity contribution in [1.29, 1.82) is 0 Å². The summed E-state index contributed by atoms with van der Waals surface area (Å²) < 4.78 is 17.5. The first-order valence-electron chi connectivity index (χ1n) is 29.9. The molecule has 0 bridgehead atoms. The Morgan fingerprint density at radius 1 is 0.541 bits per heavy atom. The summed E-state index contributed by atoms with van der Waals surface area (Å²) in [6, 6.07) is -1.04. The Morgan fingerprint density at radius 2 is 0.973 bits per heavy atom. The zero-order valence-electron chi connectivity index (χ0n) is 46.9. The predicted molar refractivity (Wildman–Crippen MR) is 306 cm³/mol. The number of carbonyl (C=O) groups is 2. The lowest BCUT2D eigenvalue weighted by Gasteiger charge is -2.41. The highest BCUT2D eigenvalue weighted by atomic mass is 16.7. The highest BCUT2D eigenvalue weighted by Crippen LogP contribution is 2.26. The number of hydrogen-bond acceptors (Lipinski definition) is 10. The summed E-state index contributed by atoms with van der Waals surface area (Å²) in [7, 11) is 0. The van der Waals surface area contributed by atoms with E-state index in [2.05, 4.69) is 86.8 Å². The monoisotopic (exact) mass is 1040 g/mol. The number of unbranched alkanes of at least 4 members (excludes halogenated alkanes) is 23. The van der Waals surface area contributed by atoms with Crippen LogP contribution in [0.5, 0.6) is 0 Å². The Kier molecular flexibility index (Phi) is 47.1. The van der Waals surface area contributed by atoms with E-state index in [0.717, 1.165) is 83.5 Å². The summed E-state index contributed by atoms with van der Waals surface area (Å²) in [6.45, 7) is 5.63. The number of amides is 1. The Hall–Kier alpha value is -3.16. The van der Waals surface area contributed by atoms with Crippen molar-refractivity contribution < 1.29 is 49.3 Å². The molecule has 8 unspecified atom stereocenters. The number of carbonyl (C=O) groups excluding carboxylic acids is 2. The van der Waals surface area contributed by atoms with E-state index < -0.39 is 67.4 Å². The summed E-state index contributed by atoms with van der Waals surface area (Å²) in [5.41, 5.74) is 0. The number of aliphatic hydroxyl groups is 5. The molecule has 1 amide bonds. The minimum atomic E-state index is -1.64. The van der Waals surface area contributed by atoms with E-state index in [1.54, 1.807) is 6.08 Å². The van der Waals surface area contributed by atoms with E-state index in [9.17, 15) is 35.1 Å². The molecule has 0 aromatic rings. The van der Waals surface area contributed by atoms with Gasteiger partial charge in [0.25, 0.3) is 0 Å². The summed E-state index contributed by atoms with van der Waals surface area (Å²) in [4.78, 5) is 26.5. The van der Waals surface area contributed by atoms with E-state index >= 15 is 0 Å². The molecule has 6 N–H and O–H groups in total. The maximum absolute atomic E-state index is 13.4. The molecular weight excluding hydrogens is 931 g/mol. The van der Waals surface area contributed by atoms with Gasteiger partial charge in [-0.2, -0.15) is 0 Å². The minimum absolute atomic E-state index is 0.0416. The van der Waals surface area contributed by atoms with Gasteiger partial charge in [-0.25, -0.2) is 0 Å². The van der Waals surface area contributed by atoms with Crippen LogP contribution in [0.2, 0.25) is 0 Å². The van der Waals surface area contributed by atoms with Crippen molar-refractivity contribution in [3.63, 3.8) is 0 Å². The van der Waals surface area contributed by atoms with E-state index in [1.807, 2.05) is 18.2 Å². The van der Waals surface area contributed by atoms with Crippen molar-refractivity contribution in [1.82, 2.24) is 5.32 Å². The standard InChI is InChI=1S/C63H109NO10/c1-4-7-10-13-16-19-22-25-27-29-31-33-36-39-42-45-48-51-58(68)74-61-60(70)59(69)57(52-65)73-63(61)72-53-54(55(66)49-46-43-40-37-34-24-21-18-15-12-9-6-3)64-62(71)56(67)50-47-44-41-38-35-32-30-28-26-23-20-17-14-11-8-5-2/h7,10,16,19,25-28,31,33,39,42,46,49,54-57,59-61,63,65-67,69-70H,4-6,8-9,11-15,17-18,20-24,29-30,32,34-38,40-41,43-45,47-48,50-53H2,1-3H3,(H,64,71)/b10-7-,19-16-,27-25-,28-26+,33-31-,42-39-,49-46+. The van der Waals surface area contributed by atoms with Gasteiger partial charge in [-0.05, 0) is 89.9 Å². The van der Waals surface area contributed by atoms with Gasteiger partial charge in [-0.3, -0.25) is 9.59 Å². The van der Waals surface area contributed by atoms with Crippen molar-refractivity contribution in [2.24, 2.45) is 0 Å². The average Bonchev–Trinajstić information content (AvgIpc) is 3.40. The van der Waals surface area contributed by atoms with Gasteiger partial charge in [0, 0.05) is 6.42 Å². The Labute approximate surface area is 451 Å². The Morgan fingerprint density at radius 3 is 1.47 bits per heavy atom. The predicted octanol–water partition coefficient (Wildman–Crippen LogP) is 13.8. The average molecular weight is 1040 g/mol. The molecule has 74 heavy (non-hydrogen) atoms. The van der Waals surface area contributed by atoms with E-state index in [1.165, 1.54) is 103 Å². The largest absolute Gasteiger partial charge is 0.454 e. The Balaban J connectivity index is 2.75. The molecule has 1 fully saturated rings. The van der Waals surface area contributed by atoms with Crippen LogP contribution in [0.25, 0.3) is 0 Å². The molecule has 426 valence electrons. The zero-order chi connectivity index (χ0) is 54.0. The summed E-state index contributed by atoms with van der Waals surface area (Å²) in [5, 5.41) is 56.9. The van der Waals surface area contributed by atoms with Crippen molar-refractivity contribution in [3.8, 4) is 0 Å². The Bertz CT molecular complexity index is 1520. The minimum Gasteiger partial charge on any atom is -0.454 e. The van der Waals surface area contributed by atoms with Crippen LogP contribution < -0.4 is 5.32 Å². The number of rotatable bonds is 49. The zero-order valence-corrected chi connectivity index (χ0v) is 46.9. The summed E-state index contributed by atoms with van der Waals surface area (Å²) in [5.74, 6) is -1.26. The molecule has 1 heterocycles. The second kappa shape index (κ2) is 50.6. The van der Waals surface area contributed by atoms with Crippen LogP contribution in [0.4, 0.5) is 0 Å². The first-order valence-corrected chi connectivity index (χ1v) is 29.9. The van der Waals surface area contributed by atoms with Crippen LogP contribution >= 0.6 is 0 Å². The number of aliphatic hydroxyl groups excluding tert-OH is 5. The molecule has 11 heteroatoms. The fraction of sp³-hybridized carbons (Fsp3) is 0.746. The second-order valence-corrected chi connectivity index (χ2v) is 20.3. The van der Waals surface area contributed by atoms with Crippen LogP contribution in [0, 0.1) is 0 Å². The molecule has 8 atom stereocenters. The fourth-order valence-corrected chi connectivity index (χ4v) is 8.80. The molecule has 1 saturated heterocycles. The van der Waals surface area contributed by atoms with E-state index in [4.69, 9.17) is 14.2 Å². The fourth-order valence-electron chi connectivity index (χ4n) is 8.80. The molecule has 0 spiro atoms. The van der Waals surface area contributed by atoms with Gasteiger partial charge < -0.3 is 45.1 Å². The van der Waals surface area contributed by atoms with E-state index in [0.29, 0.717) is 19.3 Å². The topological polar surface area (TPSA) is 175 Å². The van der Waals surface area contributed by atoms with Crippen molar-refractivity contribution in [2.75, 3.05) is 13.2 Å². The van der Waals surface area contributed by atoms with Crippen LogP contribution in [0.1, 0.15) is 239 Å². The van der Waals surface area contributed by atoms with Crippen molar-refractivity contribution in [3.05, 3.63) is 85.1 Å². The smallest absolute Gasteiger partial charge is 0.306 e. The lowest BCUT2D eigenvalue weighted by atomic mass is 9.99. The molecule has 0 aromatic carbocycles. The van der Waals surface area contributed by atoms with E-state index in [-0.39, 0.29) is 19.4 Å². The van der Waals surface area contributed by atoms with Gasteiger partial charge in [0.05, 0.1) is 25.4 Å². The third kappa shape index (κ3) is 38.4. The molecule has 1 rings (SSSR count). The molecule has 0 radical (unpaired) electrons. The SMILES string of the molecule is CC/C=C\C/C=C\C/C=C\C/C=C\C/C=C\CCCC(=O)OC1C(OCC(NC(=O)C(O)CCCCCCCC/C=C/CCCCCCCC)C(O)/C=C/CCCCCCCCCCCC)OC(CO)C(O)C1O. The maximum Gasteiger partial charge on any atom is 0.306 e. The lowest BCUT2D eigenvalue weighted by molar-refractivity contribution is -0.305. The van der Waals surface area contributed by atoms with Crippen LogP contribution in [-0.4, -0.2) is 99.6 Å². The van der Waals surface area contributed by atoms with Gasteiger partial charge >= 0.3 is 5.97 Å². The molecular formula is C63H109NO10. The van der Waals surface area contributed by atoms with Crippen LogP contribution in [0.15, 0.2) is 85.1 Å². The highest BCUT2D eigenvalue weighted by Gasteiger charge is 2.47. The number of hydrogen-bond donors (Lipinski definition) is 6. The lowest BCUT2D eigenvalue weighted by Crippen LogP contribution is -2.61. The van der Waals surface area contributed by atoms with Crippen LogP contribution in [0.3, 0.4) is 0 Å². The number of nitrogens with one attached hydrogen (secondary N) is 1. The van der Waals surface area contributed by atoms with Crippen LogP contribution in [-0.2, 0) is 23.8 Å². The highest BCUT2D eigenvalue weighted by molar-refractivity contribution is 5.80. The number of allylic oxidation sites excluding steroid dienone is 13. The first-order chi connectivity index (χ1) is 36.2. The molecule has 1 aliphatic rings. The van der Waals surface area contributed by atoms with Crippen molar-refractivity contribution in [2.45, 2.75) is 288 Å². The number of esters is 1. The van der Waals surface area contributed by atoms with Gasteiger partial charge in [0.1, 0.15) is 24.4 Å². The van der Waals surface area contributed by atoms with Gasteiger partial charge in [0.15, 0.2) is 12.4 Å². The third-order valence-electron chi connectivity index (χ3n) is 13.5. The normalized spacial score (nSPS) is 19.9. The third-order valence-corrected chi connectivity index (χ3v) is 13.5. The summed E-state index contributed by atoms with van der Waals surface area (Å²) in [6.07, 6.45) is 54.8. The molecule has 11 nitrogen and oxygen atoms in total. The second-order valence-electron chi connectivity index (χ2n) is 20.3. The number of ether oxygens (including phenoxy) is 3. The first kappa shape index (κ1) is 68.9. The quantitative estimate of drug-likeness (QED) is 0.0195. The molecule has 0 aromatic heterocycles. The molecule has 0 saturated carbocycles. The van der Waals surface area contributed by atoms with Gasteiger partial charge in [0.2, 0.25) is 5.91 Å². The summed E-state index contributed by atoms with van der Waals surface area (Å²) >= 11 is 0. The van der Waals surface area contributed by atoms with Crippen molar-refractivity contribution >= 4 is 11.9 Å². The maximum atomic E-state index is 13.4. The van der Waals surface area contributed by atoms with Gasteiger partial charge in [-0.1, -0.05) is 228 Å². The molecule has 0 aliphatic carbocycles.